The predicted octanol–water partition coefficient (Wildman–Crippen LogP) is 3.87. The molecule has 1 saturated heterocycles. The van der Waals surface area contributed by atoms with Crippen LogP contribution in [-0.4, -0.2) is 62.2 Å². The number of rotatable bonds is 3. The quantitative estimate of drug-likeness (QED) is 0.179. The number of aliphatic hydroxyl groups excluding tert-OH is 3. The van der Waals surface area contributed by atoms with E-state index in [1.807, 2.05) is 36.4 Å². The molecule has 7 rings (SSSR count). The molecule has 0 spiro atoms. The van der Waals surface area contributed by atoms with E-state index in [4.69, 9.17) is 9.47 Å². The zero-order valence-corrected chi connectivity index (χ0v) is 19.8. The van der Waals surface area contributed by atoms with Gasteiger partial charge in [0.2, 0.25) is 6.29 Å². The first-order chi connectivity index (χ1) is 18.3. The highest BCUT2D eigenvalue weighted by molar-refractivity contribution is 6.38. The number of hydrogen-bond donors (Lipinski definition) is 5. The van der Waals surface area contributed by atoms with E-state index in [9.17, 15) is 30.3 Å². The Morgan fingerprint density at radius 1 is 0.684 bits per heavy atom. The highest BCUT2D eigenvalue weighted by Gasteiger charge is 2.48. The number of fused-ring (bicyclic) bond motifs is 5. The summed E-state index contributed by atoms with van der Waals surface area (Å²) in [5.74, 6) is -1.80. The summed E-state index contributed by atoms with van der Waals surface area (Å²) in [6.07, 6.45) is -8.85. The Bertz CT molecular complexity index is 1900. The molecule has 0 aromatic heterocycles. The van der Waals surface area contributed by atoms with Gasteiger partial charge in [0, 0.05) is 5.39 Å². The lowest BCUT2D eigenvalue weighted by molar-refractivity contribution is -0.271. The van der Waals surface area contributed by atoms with Gasteiger partial charge in [-0.25, -0.2) is 4.79 Å². The smallest absolute Gasteiger partial charge is 0.335 e. The average molecular weight is 510 g/mol. The van der Waals surface area contributed by atoms with Gasteiger partial charge >= 0.3 is 5.97 Å². The van der Waals surface area contributed by atoms with Crippen molar-refractivity contribution in [3.63, 3.8) is 0 Å². The molecule has 8 heteroatoms. The summed E-state index contributed by atoms with van der Waals surface area (Å²) in [6.45, 7) is 0. The van der Waals surface area contributed by atoms with Crippen LogP contribution in [0.1, 0.15) is 0 Å². The van der Waals surface area contributed by atoms with Gasteiger partial charge in [0.05, 0.1) is 0 Å². The standard InChI is InChI=1S/C30H22O8/c31-24-19-12-14-9-8-13-4-3-7-16-15-5-1-2-6-17(15)23(22(14)21(13)16)18(19)10-11-20(24)37-30-27(34)25(32)26(33)28(38-30)29(35)36/h1-12,25-28,30-34H,(H,35,36)/t25-,26-,27+,28-,30+/m0/s1. The van der Waals surface area contributed by atoms with E-state index in [0.717, 1.165) is 48.5 Å². The van der Waals surface area contributed by atoms with Crippen LogP contribution in [0.25, 0.3) is 53.9 Å². The first-order valence-electron chi connectivity index (χ1n) is 12.2. The van der Waals surface area contributed by atoms with Crippen molar-refractivity contribution in [1.82, 2.24) is 0 Å². The third-order valence-electron chi connectivity index (χ3n) is 7.62. The molecule has 1 aliphatic heterocycles. The van der Waals surface area contributed by atoms with Crippen LogP contribution in [0.3, 0.4) is 0 Å². The van der Waals surface area contributed by atoms with E-state index >= 15 is 0 Å². The highest BCUT2D eigenvalue weighted by Crippen LogP contribution is 2.47. The second-order valence-corrected chi connectivity index (χ2v) is 9.72. The summed E-state index contributed by atoms with van der Waals surface area (Å²) < 4.78 is 10.9. The molecular formula is C30H22O8. The summed E-state index contributed by atoms with van der Waals surface area (Å²) in [6, 6.07) is 23.6. The molecule has 6 aromatic rings. The molecule has 0 bridgehead atoms. The SMILES string of the molecule is O=C(O)[C@H]1O[C@@H](Oc2ccc3c(cc4ccc5cccc6c7ccccc7c3c4c56)c2O)[C@H](O)[C@@H](O)[C@@H]1O. The molecule has 38 heavy (non-hydrogen) atoms. The Kier molecular flexibility index (Phi) is 4.92. The van der Waals surface area contributed by atoms with Crippen molar-refractivity contribution in [2.24, 2.45) is 0 Å². The van der Waals surface area contributed by atoms with E-state index in [-0.39, 0.29) is 11.5 Å². The number of carbonyl (C=O) groups is 1. The minimum absolute atomic E-state index is 0.0635. The zero-order chi connectivity index (χ0) is 26.3. The molecular weight excluding hydrogens is 488 g/mol. The van der Waals surface area contributed by atoms with Crippen LogP contribution in [0.2, 0.25) is 0 Å². The van der Waals surface area contributed by atoms with Crippen LogP contribution in [0.5, 0.6) is 11.5 Å². The lowest BCUT2D eigenvalue weighted by Crippen LogP contribution is -2.61. The maximum Gasteiger partial charge on any atom is 0.335 e. The van der Waals surface area contributed by atoms with Crippen LogP contribution >= 0.6 is 0 Å². The molecule has 0 unspecified atom stereocenters. The maximum atomic E-state index is 11.5. The number of ether oxygens (including phenoxy) is 2. The molecule has 0 aliphatic carbocycles. The summed E-state index contributed by atoms with van der Waals surface area (Å²) in [4.78, 5) is 11.5. The zero-order valence-electron chi connectivity index (χ0n) is 19.8. The third-order valence-corrected chi connectivity index (χ3v) is 7.62. The van der Waals surface area contributed by atoms with Gasteiger partial charge in [-0.15, -0.1) is 0 Å². The number of carboxylic acids is 1. The number of hydrogen-bond acceptors (Lipinski definition) is 7. The summed E-state index contributed by atoms with van der Waals surface area (Å²) in [7, 11) is 0. The summed E-state index contributed by atoms with van der Waals surface area (Å²) >= 11 is 0. The van der Waals surface area contributed by atoms with Crippen molar-refractivity contribution in [2.75, 3.05) is 0 Å². The number of aliphatic carboxylic acids is 1. The van der Waals surface area contributed by atoms with Gasteiger partial charge in [-0.05, 0) is 66.7 Å². The Morgan fingerprint density at radius 3 is 2.16 bits per heavy atom. The molecule has 1 fully saturated rings. The van der Waals surface area contributed by atoms with Crippen LogP contribution in [0.4, 0.5) is 0 Å². The van der Waals surface area contributed by atoms with Crippen molar-refractivity contribution in [3.05, 3.63) is 72.8 Å². The van der Waals surface area contributed by atoms with Crippen molar-refractivity contribution in [2.45, 2.75) is 30.7 Å². The number of carboxylic acid groups (broad SMARTS) is 1. The molecule has 0 radical (unpaired) electrons. The second-order valence-electron chi connectivity index (χ2n) is 9.72. The topological polar surface area (TPSA) is 137 Å². The number of aliphatic hydroxyl groups is 3. The Morgan fingerprint density at radius 2 is 1.37 bits per heavy atom. The summed E-state index contributed by atoms with van der Waals surface area (Å²) in [5, 5.41) is 61.0. The first kappa shape index (κ1) is 22.9. The predicted molar refractivity (Wildman–Crippen MR) is 142 cm³/mol. The van der Waals surface area contributed by atoms with E-state index < -0.39 is 36.7 Å². The van der Waals surface area contributed by atoms with Crippen LogP contribution in [0, 0.1) is 0 Å². The average Bonchev–Trinajstić information content (AvgIpc) is 2.93. The minimum atomic E-state index is -1.84. The van der Waals surface area contributed by atoms with E-state index in [1.165, 1.54) is 6.07 Å². The lowest BCUT2D eigenvalue weighted by atomic mass is 9.86. The van der Waals surface area contributed by atoms with Crippen LogP contribution < -0.4 is 4.74 Å². The number of phenols is 1. The number of benzene rings is 6. The van der Waals surface area contributed by atoms with Gasteiger partial charge in [0.15, 0.2) is 17.6 Å². The fourth-order valence-corrected chi connectivity index (χ4v) is 5.84. The van der Waals surface area contributed by atoms with Crippen LogP contribution in [0.15, 0.2) is 72.8 Å². The van der Waals surface area contributed by atoms with E-state index in [0.29, 0.717) is 5.39 Å². The van der Waals surface area contributed by atoms with Gasteiger partial charge in [-0.3, -0.25) is 0 Å². The van der Waals surface area contributed by atoms with Crippen molar-refractivity contribution in [1.29, 1.82) is 0 Å². The first-order valence-corrected chi connectivity index (χ1v) is 12.2. The van der Waals surface area contributed by atoms with Gasteiger partial charge in [-0.1, -0.05) is 54.6 Å². The number of phenolic OH excluding ortho intramolecular Hbond substituents is 1. The van der Waals surface area contributed by atoms with Crippen molar-refractivity contribution < 1.29 is 39.8 Å². The third kappa shape index (κ3) is 3.09. The lowest BCUT2D eigenvalue weighted by Gasteiger charge is -2.38. The van der Waals surface area contributed by atoms with Crippen molar-refractivity contribution >= 4 is 59.8 Å². The van der Waals surface area contributed by atoms with Crippen molar-refractivity contribution in [3.8, 4) is 11.5 Å². The molecule has 190 valence electrons. The Hall–Kier alpha value is -4.21. The number of aromatic hydroxyl groups is 1. The normalized spacial score (nSPS) is 24.1. The van der Waals surface area contributed by atoms with Gasteiger partial charge in [0.1, 0.15) is 18.3 Å². The molecule has 1 aliphatic rings. The van der Waals surface area contributed by atoms with E-state index in [2.05, 4.69) is 24.3 Å². The van der Waals surface area contributed by atoms with Crippen LogP contribution in [-0.2, 0) is 9.53 Å². The fraction of sp³-hybridized carbons (Fsp3) is 0.167. The molecule has 5 atom stereocenters. The van der Waals surface area contributed by atoms with Gasteiger partial charge in [0.25, 0.3) is 0 Å². The molecule has 5 N–H and O–H groups in total. The Balaban J connectivity index is 1.45. The second kappa shape index (κ2) is 8.14. The molecule has 8 nitrogen and oxygen atoms in total. The van der Waals surface area contributed by atoms with E-state index in [1.54, 1.807) is 6.07 Å². The monoisotopic (exact) mass is 510 g/mol. The van der Waals surface area contributed by atoms with Gasteiger partial charge < -0.3 is 35.0 Å². The summed E-state index contributed by atoms with van der Waals surface area (Å²) in [5.41, 5.74) is 0. The highest BCUT2D eigenvalue weighted by atomic mass is 16.7. The molecule has 1 heterocycles. The minimum Gasteiger partial charge on any atom is -0.504 e. The van der Waals surface area contributed by atoms with Gasteiger partial charge in [-0.2, -0.15) is 0 Å². The maximum absolute atomic E-state index is 11.5. The largest absolute Gasteiger partial charge is 0.504 e. The Labute approximate surface area is 214 Å². The fourth-order valence-electron chi connectivity index (χ4n) is 5.84. The molecule has 0 amide bonds. The molecule has 6 aromatic carbocycles. The molecule has 0 saturated carbocycles.